The van der Waals surface area contributed by atoms with Gasteiger partial charge in [-0.05, 0) is 19.3 Å². The molecule has 0 aliphatic carbocycles. The molecule has 1 rings (SSSR count). The molecule has 0 saturated carbocycles. The van der Waals surface area contributed by atoms with Crippen molar-refractivity contribution in [2.24, 2.45) is 5.92 Å². The van der Waals surface area contributed by atoms with Crippen molar-refractivity contribution >= 4 is 21.8 Å². The highest BCUT2D eigenvalue weighted by Gasteiger charge is 2.31. The Morgan fingerprint density at radius 3 is 2.64 bits per heavy atom. The second kappa shape index (κ2) is 5.12. The zero-order valence-electron chi connectivity index (χ0n) is 8.92. The van der Waals surface area contributed by atoms with Gasteiger partial charge in [-0.25, -0.2) is 0 Å². The molecule has 0 spiro atoms. The Morgan fingerprint density at radius 2 is 2.21 bits per heavy atom. The lowest BCUT2D eigenvalue weighted by Gasteiger charge is -2.20. The second-order valence-corrected chi connectivity index (χ2v) is 5.48. The maximum absolute atomic E-state index is 11.7. The van der Waals surface area contributed by atoms with Crippen LogP contribution in [0.15, 0.2) is 0 Å². The number of carbonyl (C=O) groups excluding carboxylic acids is 1. The largest absolute Gasteiger partial charge is 0.368 e. The van der Waals surface area contributed by atoms with E-state index in [1.807, 2.05) is 13.8 Å². The number of hydrogen-bond acceptors (Lipinski definition) is 2. The summed E-state index contributed by atoms with van der Waals surface area (Å²) in [5.41, 5.74) is 0. The number of halogens is 1. The SMILES string of the molecule is CC(Br)C(C)NC(=O)C1OCCC1C. The second-order valence-electron chi connectivity index (χ2n) is 4.03. The molecule has 1 aliphatic heterocycles. The van der Waals surface area contributed by atoms with Gasteiger partial charge >= 0.3 is 0 Å². The average Bonchev–Trinajstić information content (AvgIpc) is 2.51. The van der Waals surface area contributed by atoms with Crippen LogP contribution in [0.3, 0.4) is 0 Å². The molecule has 0 radical (unpaired) electrons. The summed E-state index contributed by atoms with van der Waals surface area (Å²) in [5.74, 6) is 0.363. The van der Waals surface area contributed by atoms with E-state index in [4.69, 9.17) is 4.74 Å². The van der Waals surface area contributed by atoms with Gasteiger partial charge in [0.25, 0.3) is 0 Å². The van der Waals surface area contributed by atoms with Crippen LogP contribution in [0.2, 0.25) is 0 Å². The summed E-state index contributed by atoms with van der Waals surface area (Å²) in [4.78, 5) is 12.0. The summed E-state index contributed by atoms with van der Waals surface area (Å²) in [6.45, 7) is 6.76. The van der Waals surface area contributed by atoms with Crippen LogP contribution >= 0.6 is 15.9 Å². The minimum Gasteiger partial charge on any atom is -0.368 e. The molecule has 1 aliphatic rings. The molecule has 1 heterocycles. The fourth-order valence-corrected chi connectivity index (χ4v) is 1.58. The molecular weight excluding hydrogens is 246 g/mol. The van der Waals surface area contributed by atoms with E-state index in [-0.39, 0.29) is 22.9 Å². The fraction of sp³-hybridized carbons (Fsp3) is 0.900. The van der Waals surface area contributed by atoms with Gasteiger partial charge in [0.15, 0.2) is 0 Å². The summed E-state index contributed by atoms with van der Waals surface area (Å²) in [7, 11) is 0. The maximum atomic E-state index is 11.7. The minimum atomic E-state index is -0.247. The molecule has 4 heteroatoms. The number of alkyl halides is 1. The Labute approximate surface area is 93.7 Å². The van der Waals surface area contributed by atoms with E-state index < -0.39 is 0 Å². The number of hydrogen-bond donors (Lipinski definition) is 1. The zero-order chi connectivity index (χ0) is 10.7. The van der Waals surface area contributed by atoms with E-state index in [1.54, 1.807) is 0 Å². The van der Waals surface area contributed by atoms with Crippen molar-refractivity contribution in [3.8, 4) is 0 Å². The van der Waals surface area contributed by atoms with Gasteiger partial charge < -0.3 is 10.1 Å². The Bertz CT molecular complexity index is 208. The highest BCUT2D eigenvalue weighted by Crippen LogP contribution is 2.20. The molecule has 1 amide bonds. The molecule has 0 aromatic rings. The molecule has 4 atom stereocenters. The van der Waals surface area contributed by atoms with Crippen LogP contribution in [0, 0.1) is 5.92 Å². The molecule has 14 heavy (non-hydrogen) atoms. The first kappa shape index (κ1) is 12.0. The van der Waals surface area contributed by atoms with E-state index in [1.165, 1.54) is 0 Å². The monoisotopic (exact) mass is 263 g/mol. The highest BCUT2D eigenvalue weighted by atomic mass is 79.9. The standard InChI is InChI=1S/C10H18BrNO2/c1-6-4-5-14-9(6)10(13)12-8(3)7(2)11/h6-9H,4-5H2,1-3H3,(H,12,13). The minimum absolute atomic E-state index is 0.0220. The van der Waals surface area contributed by atoms with Crippen LogP contribution in [0.5, 0.6) is 0 Å². The third-order valence-electron chi connectivity index (χ3n) is 2.70. The van der Waals surface area contributed by atoms with Crippen molar-refractivity contribution in [3.05, 3.63) is 0 Å². The van der Waals surface area contributed by atoms with Crippen LogP contribution < -0.4 is 5.32 Å². The maximum Gasteiger partial charge on any atom is 0.249 e. The Morgan fingerprint density at radius 1 is 1.57 bits per heavy atom. The normalized spacial score (nSPS) is 31.1. The van der Waals surface area contributed by atoms with Crippen molar-refractivity contribution in [1.29, 1.82) is 0 Å². The Hall–Kier alpha value is -0.0900. The van der Waals surface area contributed by atoms with Crippen molar-refractivity contribution < 1.29 is 9.53 Å². The van der Waals surface area contributed by atoms with Crippen molar-refractivity contribution in [2.75, 3.05) is 6.61 Å². The first-order valence-corrected chi connectivity index (χ1v) is 6.00. The molecule has 0 aromatic carbocycles. The molecule has 1 N–H and O–H groups in total. The number of rotatable bonds is 3. The van der Waals surface area contributed by atoms with Crippen molar-refractivity contribution in [3.63, 3.8) is 0 Å². The molecule has 0 aromatic heterocycles. The zero-order valence-corrected chi connectivity index (χ0v) is 10.5. The number of ether oxygens (including phenoxy) is 1. The number of amides is 1. The molecule has 0 bridgehead atoms. The topological polar surface area (TPSA) is 38.3 Å². The molecular formula is C10H18BrNO2. The van der Waals surface area contributed by atoms with Gasteiger partial charge in [0.05, 0.1) is 0 Å². The van der Waals surface area contributed by atoms with Gasteiger partial charge in [-0.15, -0.1) is 0 Å². The van der Waals surface area contributed by atoms with Crippen LogP contribution in [0.4, 0.5) is 0 Å². The van der Waals surface area contributed by atoms with Crippen molar-refractivity contribution in [2.45, 2.75) is 44.2 Å². The summed E-state index contributed by atoms with van der Waals surface area (Å²) < 4.78 is 5.38. The van der Waals surface area contributed by atoms with Gasteiger partial charge in [0, 0.05) is 17.5 Å². The van der Waals surface area contributed by atoms with E-state index in [0.29, 0.717) is 12.5 Å². The van der Waals surface area contributed by atoms with Crippen LogP contribution in [-0.4, -0.2) is 29.5 Å². The quantitative estimate of drug-likeness (QED) is 0.788. The van der Waals surface area contributed by atoms with E-state index in [0.717, 1.165) is 6.42 Å². The lowest BCUT2D eigenvalue weighted by Crippen LogP contribution is -2.44. The predicted molar refractivity (Wildman–Crippen MR) is 59.5 cm³/mol. The van der Waals surface area contributed by atoms with Crippen LogP contribution in [0.1, 0.15) is 27.2 Å². The summed E-state index contributed by atoms with van der Waals surface area (Å²) in [6.07, 6.45) is 0.736. The van der Waals surface area contributed by atoms with E-state index in [2.05, 4.69) is 28.2 Å². The molecule has 3 nitrogen and oxygen atoms in total. The molecule has 4 unspecified atom stereocenters. The Kier molecular flexibility index (Phi) is 4.38. The predicted octanol–water partition coefficient (Wildman–Crippen LogP) is 1.70. The van der Waals surface area contributed by atoms with Crippen LogP contribution in [-0.2, 0) is 9.53 Å². The summed E-state index contributed by atoms with van der Waals surface area (Å²) in [5, 5.41) is 2.94. The van der Waals surface area contributed by atoms with E-state index in [9.17, 15) is 4.79 Å². The molecule has 1 fully saturated rings. The van der Waals surface area contributed by atoms with Gasteiger partial charge in [-0.1, -0.05) is 29.8 Å². The molecule has 82 valence electrons. The number of nitrogens with one attached hydrogen (secondary N) is 1. The van der Waals surface area contributed by atoms with Crippen molar-refractivity contribution in [1.82, 2.24) is 5.32 Å². The lowest BCUT2D eigenvalue weighted by atomic mass is 10.0. The fourth-order valence-electron chi connectivity index (χ4n) is 1.45. The van der Waals surface area contributed by atoms with Gasteiger partial charge in [0.1, 0.15) is 6.10 Å². The molecule has 1 saturated heterocycles. The first-order chi connectivity index (χ1) is 6.52. The average molecular weight is 264 g/mol. The van der Waals surface area contributed by atoms with Gasteiger partial charge in [-0.2, -0.15) is 0 Å². The summed E-state index contributed by atoms with van der Waals surface area (Å²) >= 11 is 3.44. The number of carbonyl (C=O) groups is 1. The van der Waals surface area contributed by atoms with Gasteiger partial charge in [-0.3, -0.25) is 4.79 Å². The smallest absolute Gasteiger partial charge is 0.249 e. The first-order valence-electron chi connectivity index (χ1n) is 5.08. The third kappa shape index (κ3) is 2.95. The third-order valence-corrected chi connectivity index (χ3v) is 3.50. The summed E-state index contributed by atoms with van der Waals surface area (Å²) in [6, 6.07) is 0.138. The Balaban J connectivity index is 2.41. The van der Waals surface area contributed by atoms with Gasteiger partial charge in [0.2, 0.25) is 5.91 Å². The van der Waals surface area contributed by atoms with Crippen LogP contribution in [0.25, 0.3) is 0 Å². The highest BCUT2D eigenvalue weighted by molar-refractivity contribution is 9.09. The lowest BCUT2D eigenvalue weighted by molar-refractivity contribution is -0.132. The van der Waals surface area contributed by atoms with E-state index >= 15 is 0 Å².